The predicted molar refractivity (Wildman–Crippen MR) is 114 cm³/mol. The molecule has 6 nitrogen and oxygen atoms in total. The number of hydrogen-bond acceptors (Lipinski definition) is 6. The van der Waals surface area contributed by atoms with Crippen LogP contribution in [0.3, 0.4) is 0 Å². The molecule has 0 heterocycles. The molecule has 1 N–H and O–H groups in total. The number of fused-ring (bicyclic) bond motifs is 4. The van der Waals surface area contributed by atoms with Crippen molar-refractivity contribution in [3.63, 3.8) is 0 Å². The lowest BCUT2D eigenvalue weighted by Crippen LogP contribution is -2.42. The van der Waals surface area contributed by atoms with Crippen molar-refractivity contribution in [2.75, 3.05) is 0 Å². The zero-order valence-electron chi connectivity index (χ0n) is 19.3. The van der Waals surface area contributed by atoms with E-state index in [-0.39, 0.29) is 53.7 Å². The van der Waals surface area contributed by atoms with Gasteiger partial charge in [-0.25, -0.2) is 0 Å². The monoisotopic (exact) mass is 434 g/mol. The average Bonchev–Trinajstić information content (AvgIpc) is 3.45. The Labute approximate surface area is 185 Å². The topological polar surface area (TPSA) is 89.9 Å². The molecule has 4 rings (SSSR count). The fraction of sp³-hybridized carbons (Fsp3) is 0.880. The van der Waals surface area contributed by atoms with Gasteiger partial charge in [-0.05, 0) is 70.6 Å². The number of hydrogen-bond donors (Lipinski definition) is 1. The molecular formula is C25H38O6. The van der Waals surface area contributed by atoms with Gasteiger partial charge in [0.25, 0.3) is 0 Å². The van der Waals surface area contributed by atoms with Gasteiger partial charge in [-0.1, -0.05) is 13.8 Å². The van der Waals surface area contributed by atoms with Crippen LogP contribution in [-0.2, 0) is 23.9 Å². The molecule has 31 heavy (non-hydrogen) atoms. The second-order valence-corrected chi connectivity index (χ2v) is 11.2. The second kappa shape index (κ2) is 8.49. The van der Waals surface area contributed by atoms with Crippen LogP contribution in [0.1, 0.15) is 79.1 Å². The fourth-order valence-corrected chi connectivity index (χ4v) is 6.87. The van der Waals surface area contributed by atoms with Gasteiger partial charge in [-0.3, -0.25) is 14.4 Å². The van der Waals surface area contributed by atoms with Crippen molar-refractivity contribution in [2.45, 2.75) is 96.9 Å². The third-order valence-electron chi connectivity index (χ3n) is 8.76. The van der Waals surface area contributed by atoms with E-state index in [2.05, 4.69) is 0 Å². The molecule has 4 fully saturated rings. The molecule has 0 saturated heterocycles. The summed E-state index contributed by atoms with van der Waals surface area (Å²) in [5.74, 6) is 0.389. The highest BCUT2D eigenvalue weighted by Gasteiger charge is 2.52. The average molecular weight is 435 g/mol. The van der Waals surface area contributed by atoms with Crippen molar-refractivity contribution in [1.29, 1.82) is 0 Å². The van der Waals surface area contributed by atoms with Gasteiger partial charge >= 0.3 is 11.9 Å². The van der Waals surface area contributed by atoms with Crippen LogP contribution in [0.15, 0.2) is 0 Å². The molecule has 0 aromatic rings. The molecule has 6 heteroatoms. The fourth-order valence-electron chi connectivity index (χ4n) is 6.87. The normalized spacial score (nSPS) is 38.4. The number of aliphatic hydroxyl groups is 1. The molecule has 9 unspecified atom stereocenters. The Morgan fingerprint density at radius 3 is 2.32 bits per heavy atom. The molecule has 174 valence electrons. The quantitative estimate of drug-likeness (QED) is 0.586. The molecule has 0 radical (unpaired) electrons. The van der Waals surface area contributed by atoms with Gasteiger partial charge in [0.2, 0.25) is 0 Å². The first-order chi connectivity index (χ1) is 14.6. The number of carbonyl (C=O) groups excluding carboxylic acids is 3. The smallest absolute Gasteiger partial charge is 0.309 e. The molecule has 0 amide bonds. The first-order valence-electron chi connectivity index (χ1n) is 12.2. The maximum absolute atomic E-state index is 13.0. The minimum Gasteiger partial charge on any atom is -0.462 e. The Bertz CT molecular complexity index is 728. The second-order valence-electron chi connectivity index (χ2n) is 11.2. The predicted octanol–water partition coefficient (Wildman–Crippen LogP) is 3.68. The third-order valence-corrected chi connectivity index (χ3v) is 8.76. The molecule has 4 saturated carbocycles. The summed E-state index contributed by atoms with van der Waals surface area (Å²) in [6.45, 7) is 7.75. The lowest BCUT2D eigenvalue weighted by atomic mass is 9.77. The van der Waals surface area contributed by atoms with Crippen LogP contribution in [0.4, 0.5) is 0 Å². The summed E-state index contributed by atoms with van der Waals surface area (Å²) in [7, 11) is 0. The van der Waals surface area contributed by atoms with Crippen LogP contribution in [-0.4, -0.2) is 40.6 Å². The maximum Gasteiger partial charge on any atom is 0.309 e. The van der Waals surface area contributed by atoms with Crippen molar-refractivity contribution in [1.82, 2.24) is 0 Å². The molecule has 0 aliphatic heterocycles. The van der Waals surface area contributed by atoms with E-state index < -0.39 is 5.60 Å². The molecule has 4 aliphatic carbocycles. The van der Waals surface area contributed by atoms with E-state index in [0.29, 0.717) is 43.3 Å². The van der Waals surface area contributed by atoms with Gasteiger partial charge in [-0.15, -0.1) is 0 Å². The summed E-state index contributed by atoms with van der Waals surface area (Å²) in [6, 6.07) is 0. The van der Waals surface area contributed by atoms with E-state index in [4.69, 9.17) is 9.47 Å². The Kier molecular flexibility index (Phi) is 6.23. The van der Waals surface area contributed by atoms with Crippen LogP contribution in [0.5, 0.6) is 0 Å². The SMILES string of the molecule is CCC(CC(C)C(=O)OC1CC2CC1CC2=O)C(=O)OC(C)(C)C1CC2CC1CC2O. The largest absolute Gasteiger partial charge is 0.462 e. The van der Waals surface area contributed by atoms with Crippen molar-refractivity contribution in [3.05, 3.63) is 0 Å². The summed E-state index contributed by atoms with van der Waals surface area (Å²) in [5, 5.41) is 10.0. The Balaban J connectivity index is 1.28. The zero-order chi connectivity index (χ0) is 22.5. The highest BCUT2D eigenvalue weighted by atomic mass is 16.6. The van der Waals surface area contributed by atoms with E-state index in [1.54, 1.807) is 0 Å². The van der Waals surface area contributed by atoms with E-state index in [1.165, 1.54) is 0 Å². The van der Waals surface area contributed by atoms with Crippen molar-refractivity contribution >= 4 is 17.7 Å². The summed E-state index contributed by atoms with van der Waals surface area (Å²) >= 11 is 0. The van der Waals surface area contributed by atoms with Gasteiger partial charge in [0.1, 0.15) is 17.5 Å². The van der Waals surface area contributed by atoms with E-state index in [0.717, 1.165) is 25.7 Å². The summed E-state index contributed by atoms with van der Waals surface area (Å²) in [5.41, 5.74) is -0.566. The third kappa shape index (κ3) is 4.42. The van der Waals surface area contributed by atoms with Gasteiger partial charge in [0.05, 0.1) is 17.9 Å². The Morgan fingerprint density at radius 2 is 1.81 bits per heavy atom. The van der Waals surface area contributed by atoms with Crippen molar-refractivity contribution in [2.24, 2.45) is 41.4 Å². The number of ketones is 1. The van der Waals surface area contributed by atoms with Gasteiger partial charge in [0, 0.05) is 24.2 Å². The van der Waals surface area contributed by atoms with Crippen LogP contribution < -0.4 is 0 Å². The number of esters is 2. The first-order valence-corrected chi connectivity index (χ1v) is 12.2. The lowest BCUT2D eigenvalue weighted by Gasteiger charge is -2.38. The number of carbonyl (C=O) groups is 3. The molecule has 4 aliphatic rings. The van der Waals surface area contributed by atoms with Crippen LogP contribution in [0, 0.1) is 41.4 Å². The van der Waals surface area contributed by atoms with Crippen LogP contribution in [0.2, 0.25) is 0 Å². The number of rotatable bonds is 8. The molecule has 4 bridgehead atoms. The van der Waals surface area contributed by atoms with Crippen molar-refractivity contribution in [3.8, 4) is 0 Å². The first kappa shape index (κ1) is 22.8. The van der Waals surface area contributed by atoms with E-state index in [1.807, 2.05) is 27.7 Å². The molecule has 9 atom stereocenters. The highest BCUT2D eigenvalue weighted by molar-refractivity contribution is 5.85. The lowest BCUT2D eigenvalue weighted by molar-refractivity contribution is -0.171. The van der Waals surface area contributed by atoms with Crippen LogP contribution >= 0.6 is 0 Å². The molecule has 0 aromatic heterocycles. The van der Waals surface area contributed by atoms with Crippen LogP contribution in [0.25, 0.3) is 0 Å². The number of Topliss-reactive ketones (excluding diaryl/α,β-unsaturated/α-hetero) is 1. The number of aliphatic hydroxyl groups excluding tert-OH is 1. The van der Waals surface area contributed by atoms with E-state index >= 15 is 0 Å². The van der Waals surface area contributed by atoms with Crippen molar-refractivity contribution < 1.29 is 29.0 Å². The Morgan fingerprint density at radius 1 is 1.06 bits per heavy atom. The highest BCUT2D eigenvalue weighted by Crippen LogP contribution is 2.53. The standard InChI is InChI=1S/C25H38O6/c1-5-14(6-13(2)23(28)30-22-12-17-8-18(22)11-21(17)27)24(29)31-25(3,4)19-9-16-7-15(19)10-20(16)26/h13-20,22,26H,5-12H2,1-4H3. The van der Waals surface area contributed by atoms with Gasteiger partial charge in [-0.2, -0.15) is 0 Å². The minimum atomic E-state index is -0.566. The van der Waals surface area contributed by atoms with Gasteiger partial charge in [0.15, 0.2) is 0 Å². The molecule has 0 spiro atoms. The summed E-state index contributed by atoms with van der Waals surface area (Å²) < 4.78 is 11.8. The van der Waals surface area contributed by atoms with Gasteiger partial charge < -0.3 is 14.6 Å². The summed E-state index contributed by atoms with van der Waals surface area (Å²) in [6.07, 6.45) is 5.50. The minimum absolute atomic E-state index is 0.0747. The summed E-state index contributed by atoms with van der Waals surface area (Å²) in [4.78, 5) is 37.4. The van der Waals surface area contributed by atoms with E-state index in [9.17, 15) is 19.5 Å². The maximum atomic E-state index is 13.0. The molecule has 0 aromatic carbocycles. The molecular weight excluding hydrogens is 396 g/mol. The Hall–Kier alpha value is -1.43. The zero-order valence-corrected chi connectivity index (χ0v) is 19.3. The number of ether oxygens (including phenoxy) is 2.